The van der Waals surface area contributed by atoms with Gasteiger partial charge in [-0.25, -0.2) is 0 Å². The minimum atomic E-state index is -0.333. The molecule has 0 unspecified atom stereocenters. The predicted molar refractivity (Wildman–Crippen MR) is 100 cm³/mol. The fourth-order valence-electron chi connectivity index (χ4n) is 2.51. The second-order valence-corrected chi connectivity index (χ2v) is 6.40. The maximum absolute atomic E-state index is 12.5. The highest BCUT2D eigenvalue weighted by Gasteiger charge is 2.16. The largest absolute Gasteiger partial charge is 0.350 e. The highest BCUT2D eigenvalue weighted by Crippen LogP contribution is 2.27. The second-order valence-electron chi connectivity index (χ2n) is 6.02. The summed E-state index contributed by atoms with van der Waals surface area (Å²) >= 11 is 6.29. The topological polar surface area (TPSA) is 74.0 Å². The van der Waals surface area contributed by atoms with E-state index in [9.17, 15) is 9.59 Å². The van der Waals surface area contributed by atoms with Gasteiger partial charge in [-0.05, 0) is 44.2 Å². The minimum absolute atomic E-state index is 0.0658. The van der Waals surface area contributed by atoms with Crippen molar-refractivity contribution >= 4 is 40.0 Å². The van der Waals surface area contributed by atoms with E-state index in [-0.39, 0.29) is 17.9 Å². The van der Waals surface area contributed by atoms with Gasteiger partial charge < -0.3 is 15.6 Å². The van der Waals surface area contributed by atoms with E-state index in [2.05, 4.69) is 15.6 Å². The number of H-pyrrole nitrogens is 1. The van der Waals surface area contributed by atoms with Crippen molar-refractivity contribution in [2.75, 3.05) is 5.32 Å². The number of fused-ring (bicyclic) bond motifs is 1. The summed E-state index contributed by atoms with van der Waals surface area (Å²) in [4.78, 5) is 27.4. The first-order chi connectivity index (χ1) is 12.0. The van der Waals surface area contributed by atoms with Gasteiger partial charge in [0.05, 0.1) is 5.02 Å². The van der Waals surface area contributed by atoms with Crippen LogP contribution in [0.2, 0.25) is 5.02 Å². The molecular formula is C19H18ClN3O2. The Kier molecular flexibility index (Phi) is 4.76. The summed E-state index contributed by atoms with van der Waals surface area (Å²) in [5.41, 5.74) is 2.24. The maximum Gasteiger partial charge on any atom is 0.273 e. The number of halogens is 1. The Hall–Kier alpha value is -2.79. The zero-order valence-corrected chi connectivity index (χ0v) is 14.6. The number of hydrogen-bond acceptors (Lipinski definition) is 2. The van der Waals surface area contributed by atoms with Crippen molar-refractivity contribution in [2.24, 2.45) is 0 Å². The molecule has 0 saturated carbocycles. The van der Waals surface area contributed by atoms with Gasteiger partial charge in [-0.2, -0.15) is 0 Å². The summed E-state index contributed by atoms with van der Waals surface area (Å²) in [5.74, 6) is -0.480. The molecule has 3 N–H and O–H groups in total. The van der Waals surface area contributed by atoms with Crippen molar-refractivity contribution in [1.29, 1.82) is 0 Å². The quantitative estimate of drug-likeness (QED) is 0.655. The molecule has 1 aromatic heterocycles. The van der Waals surface area contributed by atoms with Gasteiger partial charge in [0.25, 0.3) is 11.8 Å². The molecule has 3 rings (SSSR count). The van der Waals surface area contributed by atoms with Gasteiger partial charge in [0.15, 0.2) is 0 Å². The molecule has 2 amide bonds. The molecule has 0 radical (unpaired) electrons. The Balaban J connectivity index is 1.76. The van der Waals surface area contributed by atoms with E-state index in [0.717, 1.165) is 10.9 Å². The van der Waals surface area contributed by atoms with Crippen molar-refractivity contribution in [1.82, 2.24) is 10.3 Å². The lowest BCUT2D eigenvalue weighted by Gasteiger charge is -2.09. The Morgan fingerprint density at radius 2 is 1.68 bits per heavy atom. The number of nitrogens with one attached hydrogen (secondary N) is 3. The first-order valence-corrected chi connectivity index (χ1v) is 8.32. The molecule has 0 bridgehead atoms. The third-order valence-electron chi connectivity index (χ3n) is 3.69. The van der Waals surface area contributed by atoms with Crippen molar-refractivity contribution in [3.63, 3.8) is 0 Å². The molecule has 1 heterocycles. The summed E-state index contributed by atoms with van der Waals surface area (Å²) in [6, 6.07) is 14.2. The van der Waals surface area contributed by atoms with Crippen LogP contribution in [0, 0.1) is 0 Å². The van der Waals surface area contributed by atoms with Crippen LogP contribution in [0.25, 0.3) is 10.9 Å². The van der Waals surface area contributed by atoms with Crippen LogP contribution in [0.15, 0.2) is 48.5 Å². The number of para-hydroxylation sites is 1. The zero-order chi connectivity index (χ0) is 18.0. The van der Waals surface area contributed by atoms with Gasteiger partial charge in [0.1, 0.15) is 5.69 Å². The smallest absolute Gasteiger partial charge is 0.273 e. The SMILES string of the molecule is CC(C)NC(=O)c1ccc(NC(=O)c2[nH]c3ccccc3c2Cl)cc1. The number of aromatic amines is 1. The molecule has 6 heteroatoms. The van der Waals surface area contributed by atoms with Crippen LogP contribution in [0.4, 0.5) is 5.69 Å². The van der Waals surface area contributed by atoms with Crippen LogP contribution in [0.5, 0.6) is 0 Å². The van der Waals surface area contributed by atoms with Crippen molar-refractivity contribution in [3.05, 3.63) is 64.8 Å². The number of rotatable bonds is 4. The third kappa shape index (κ3) is 3.67. The zero-order valence-electron chi connectivity index (χ0n) is 13.9. The summed E-state index contributed by atoms with van der Waals surface area (Å²) in [6.45, 7) is 3.80. The summed E-state index contributed by atoms with van der Waals surface area (Å²) in [7, 11) is 0. The molecule has 0 aliphatic heterocycles. The van der Waals surface area contributed by atoms with Crippen molar-refractivity contribution in [2.45, 2.75) is 19.9 Å². The predicted octanol–water partition coefficient (Wildman–Crippen LogP) is 4.21. The minimum Gasteiger partial charge on any atom is -0.350 e. The van der Waals surface area contributed by atoms with E-state index >= 15 is 0 Å². The van der Waals surface area contributed by atoms with Gasteiger partial charge >= 0.3 is 0 Å². The van der Waals surface area contributed by atoms with Gasteiger partial charge in [0.2, 0.25) is 0 Å². The molecule has 0 fully saturated rings. The Morgan fingerprint density at radius 3 is 2.32 bits per heavy atom. The lowest BCUT2D eigenvalue weighted by molar-refractivity contribution is 0.0942. The number of carbonyl (C=O) groups is 2. The van der Waals surface area contributed by atoms with Gasteiger partial charge in [-0.3, -0.25) is 9.59 Å². The number of benzene rings is 2. The first-order valence-electron chi connectivity index (χ1n) is 7.94. The average molecular weight is 356 g/mol. The molecule has 2 aromatic carbocycles. The molecule has 25 heavy (non-hydrogen) atoms. The van der Waals surface area contributed by atoms with E-state index in [0.29, 0.717) is 22.0 Å². The highest BCUT2D eigenvalue weighted by molar-refractivity contribution is 6.39. The van der Waals surface area contributed by atoms with Crippen LogP contribution in [-0.4, -0.2) is 22.8 Å². The summed E-state index contributed by atoms with van der Waals surface area (Å²) in [5, 5.41) is 6.79. The highest BCUT2D eigenvalue weighted by atomic mass is 35.5. The standard InChI is InChI=1S/C19H18ClN3O2/c1-11(2)21-18(24)12-7-9-13(10-8-12)22-19(25)17-16(20)14-5-3-4-6-15(14)23-17/h3-11,23H,1-2H3,(H,21,24)(H,22,25). The molecule has 128 valence electrons. The van der Waals surface area contributed by atoms with Gasteiger partial charge in [-0.15, -0.1) is 0 Å². The van der Waals surface area contributed by atoms with Crippen LogP contribution in [0.3, 0.4) is 0 Å². The van der Waals surface area contributed by atoms with Crippen LogP contribution < -0.4 is 10.6 Å². The number of carbonyl (C=O) groups excluding carboxylic acids is 2. The average Bonchev–Trinajstić information content (AvgIpc) is 2.92. The molecule has 3 aromatic rings. The van der Waals surface area contributed by atoms with E-state index in [1.165, 1.54) is 0 Å². The maximum atomic E-state index is 12.5. The lowest BCUT2D eigenvalue weighted by Crippen LogP contribution is -2.30. The third-order valence-corrected chi connectivity index (χ3v) is 4.09. The van der Waals surface area contributed by atoms with Gasteiger partial charge in [0, 0.05) is 28.2 Å². The van der Waals surface area contributed by atoms with E-state index in [4.69, 9.17) is 11.6 Å². The van der Waals surface area contributed by atoms with Crippen molar-refractivity contribution in [3.8, 4) is 0 Å². The Labute approximate surface area is 150 Å². The number of amides is 2. The number of aromatic nitrogens is 1. The molecule has 0 atom stereocenters. The molecule has 0 spiro atoms. The second kappa shape index (κ2) is 6.99. The van der Waals surface area contributed by atoms with E-state index < -0.39 is 0 Å². The van der Waals surface area contributed by atoms with Crippen LogP contribution >= 0.6 is 11.6 Å². The van der Waals surface area contributed by atoms with E-state index in [1.807, 2.05) is 38.1 Å². The molecule has 0 saturated heterocycles. The lowest BCUT2D eigenvalue weighted by atomic mass is 10.2. The van der Waals surface area contributed by atoms with E-state index in [1.54, 1.807) is 24.3 Å². The Bertz CT molecular complexity index is 929. The molecule has 5 nitrogen and oxygen atoms in total. The summed E-state index contributed by atoms with van der Waals surface area (Å²) in [6.07, 6.45) is 0. The normalized spacial score (nSPS) is 10.9. The molecule has 0 aliphatic carbocycles. The number of hydrogen-bond donors (Lipinski definition) is 3. The molecule has 0 aliphatic rings. The fourth-order valence-corrected chi connectivity index (χ4v) is 2.81. The summed E-state index contributed by atoms with van der Waals surface area (Å²) < 4.78 is 0. The number of anilines is 1. The van der Waals surface area contributed by atoms with Crippen molar-refractivity contribution < 1.29 is 9.59 Å². The monoisotopic (exact) mass is 355 g/mol. The Morgan fingerprint density at radius 1 is 1.00 bits per heavy atom. The first kappa shape index (κ1) is 17.0. The van der Waals surface area contributed by atoms with Gasteiger partial charge in [-0.1, -0.05) is 29.8 Å². The van der Waals surface area contributed by atoms with Crippen LogP contribution in [-0.2, 0) is 0 Å². The molecular weight excluding hydrogens is 338 g/mol. The fraction of sp³-hybridized carbons (Fsp3) is 0.158. The van der Waals surface area contributed by atoms with Crippen LogP contribution in [0.1, 0.15) is 34.7 Å².